The van der Waals surface area contributed by atoms with Crippen molar-refractivity contribution in [1.29, 1.82) is 0 Å². The van der Waals surface area contributed by atoms with Gasteiger partial charge in [0, 0.05) is 12.1 Å². The van der Waals surface area contributed by atoms with Gasteiger partial charge in [0.25, 0.3) is 5.91 Å². The van der Waals surface area contributed by atoms with Gasteiger partial charge in [-0.25, -0.2) is 0 Å². The molecule has 1 aromatic heterocycles. The first-order valence-electron chi connectivity index (χ1n) is 7.13. The van der Waals surface area contributed by atoms with Crippen LogP contribution in [0, 0.1) is 6.92 Å². The van der Waals surface area contributed by atoms with Crippen molar-refractivity contribution in [2.75, 3.05) is 19.7 Å². The van der Waals surface area contributed by atoms with Crippen molar-refractivity contribution < 1.29 is 13.9 Å². The normalized spacial score (nSPS) is 22.3. The van der Waals surface area contributed by atoms with Gasteiger partial charge in [-0.1, -0.05) is 30.3 Å². The van der Waals surface area contributed by atoms with E-state index < -0.39 is 5.60 Å². The van der Waals surface area contributed by atoms with Crippen LogP contribution in [0.1, 0.15) is 28.6 Å². The third kappa shape index (κ3) is 2.59. The molecule has 1 unspecified atom stereocenters. The summed E-state index contributed by atoms with van der Waals surface area (Å²) in [5.74, 6) is 0.357. The third-order valence-corrected chi connectivity index (χ3v) is 4.00. The second-order valence-corrected chi connectivity index (χ2v) is 5.60. The Labute approximate surface area is 124 Å². The lowest BCUT2D eigenvalue weighted by Gasteiger charge is -2.40. The van der Waals surface area contributed by atoms with E-state index in [-0.39, 0.29) is 5.91 Å². The highest BCUT2D eigenvalue weighted by molar-refractivity contribution is 5.93. The first kappa shape index (κ1) is 13.9. The van der Waals surface area contributed by atoms with Gasteiger partial charge in [-0.05, 0) is 25.5 Å². The topological polar surface area (TPSA) is 42.7 Å². The zero-order valence-corrected chi connectivity index (χ0v) is 12.3. The molecule has 1 aliphatic rings. The van der Waals surface area contributed by atoms with E-state index in [9.17, 15) is 4.79 Å². The van der Waals surface area contributed by atoms with Gasteiger partial charge in [0.15, 0.2) is 5.76 Å². The zero-order chi connectivity index (χ0) is 14.9. The standard InChI is InChI=1S/C17H19NO3/c1-13-8-10-20-15(13)16(19)18-9-11-21-17(2,12-18)14-6-4-3-5-7-14/h3-8,10H,9,11-12H2,1-2H3. The Bertz CT molecular complexity index is 634. The highest BCUT2D eigenvalue weighted by Gasteiger charge is 2.36. The molecule has 4 heteroatoms. The molecular weight excluding hydrogens is 266 g/mol. The molecule has 0 radical (unpaired) electrons. The maximum Gasteiger partial charge on any atom is 0.290 e. The fourth-order valence-electron chi connectivity index (χ4n) is 2.74. The molecule has 1 fully saturated rings. The van der Waals surface area contributed by atoms with Gasteiger partial charge in [0.1, 0.15) is 5.60 Å². The molecule has 1 amide bonds. The largest absolute Gasteiger partial charge is 0.459 e. The number of carbonyl (C=O) groups is 1. The summed E-state index contributed by atoms with van der Waals surface area (Å²) in [4.78, 5) is 14.4. The lowest BCUT2D eigenvalue weighted by molar-refractivity contribution is -0.0935. The van der Waals surface area contributed by atoms with Crippen LogP contribution in [-0.4, -0.2) is 30.5 Å². The second kappa shape index (κ2) is 5.37. The molecule has 0 spiro atoms. The van der Waals surface area contributed by atoms with Crippen LogP contribution < -0.4 is 0 Å². The van der Waals surface area contributed by atoms with Gasteiger partial charge in [-0.2, -0.15) is 0 Å². The summed E-state index contributed by atoms with van der Waals surface area (Å²) in [6.07, 6.45) is 1.55. The Morgan fingerprint density at radius 1 is 1.24 bits per heavy atom. The Hall–Kier alpha value is -2.07. The Morgan fingerprint density at radius 3 is 2.67 bits per heavy atom. The van der Waals surface area contributed by atoms with Crippen LogP contribution in [-0.2, 0) is 10.3 Å². The van der Waals surface area contributed by atoms with Crippen LogP contribution in [0.5, 0.6) is 0 Å². The smallest absolute Gasteiger partial charge is 0.290 e. The van der Waals surface area contributed by atoms with E-state index >= 15 is 0 Å². The minimum Gasteiger partial charge on any atom is -0.459 e. The number of amides is 1. The van der Waals surface area contributed by atoms with Gasteiger partial charge in [-0.3, -0.25) is 4.79 Å². The number of benzene rings is 1. The summed E-state index contributed by atoms with van der Waals surface area (Å²) in [6, 6.07) is 11.8. The molecule has 0 saturated carbocycles. The molecule has 2 aromatic rings. The fraction of sp³-hybridized carbons (Fsp3) is 0.353. The third-order valence-electron chi connectivity index (χ3n) is 4.00. The molecule has 1 saturated heterocycles. The first-order valence-corrected chi connectivity index (χ1v) is 7.13. The Kier molecular flexibility index (Phi) is 3.55. The van der Waals surface area contributed by atoms with E-state index in [1.54, 1.807) is 6.26 Å². The van der Waals surface area contributed by atoms with Crippen molar-refractivity contribution in [1.82, 2.24) is 4.90 Å². The van der Waals surface area contributed by atoms with E-state index in [0.717, 1.165) is 11.1 Å². The predicted molar refractivity (Wildman–Crippen MR) is 79.1 cm³/mol. The van der Waals surface area contributed by atoms with Crippen molar-refractivity contribution in [3.63, 3.8) is 0 Å². The molecule has 4 nitrogen and oxygen atoms in total. The summed E-state index contributed by atoms with van der Waals surface area (Å²) >= 11 is 0. The SMILES string of the molecule is Cc1ccoc1C(=O)N1CCOC(C)(c2ccccc2)C1. The molecule has 1 aromatic carbocycles. The summed E-state index contributed by atoms with van der Waals surface area (Å²) in [5, 5.41) is 0. The average molecular weight is 285 g/mol. The van der Waals surface area contributed by atoms with E-state index in [1.807, 2.05) is 55.1 Å². The highest BCUT2D eigenvalue weighted by Crippen LogP contribution is 2.30. The van der Waals surface area contributed by atoms with Crippen LogP contribution in [0.2, 0.25) is 0 Å². The van der Waals surface area contributed by atoms with Crippen LogP contribution in [0.25, 0.3) is 0 Å². The summed E-state index contributed by atoms with van der Waals surface area (Å²) in [7, 11) is 0. The van der Waals surface area contributed by atoms with Crippen LogP contribution in [0.15, 0.2) is 47.1 Å². The average Bonchev–Trinajstić information content (AvgIpc) is 2.93. The maximum absolute atomic E-state index is 12.6. The van der Waals surface area contributed by atoms with E-state index in [1.165, 1.54) is 0 Å². The molecule has 0 aliphatic carbocycles. The molecule has 3 rings (SSSR count). The van der Waals surface area contributed by atoms with Gasteiger partial charge >= 0.3 is 0 Å². The minimum absolute atomic E-state index is 0.0667. The minimum atomic E-state index is -0.477. The van der Waals surface area contributed by atoms with Crippen molar-refractivity contribution in [2.24, 2.45) is 0 Å². The van der Waals surface area contributed by atoms with Crippen molar-refractivity contribution in [3.8, 4) is 0 Å². The number of carbonyl (C=O) groups excluding carboxylic acids is 1. The van der Waals surface area contributed by atoms with Crippen LogP contribution >= 0.6 is 0 Å². The van der Waals surface area contributed by atoms with Crippen molar-refractivity contribution >= 4 is 5.91 Å². The molecular formula is C17H19NO3. The lowest BCUT2D eigenvalue weighted by Crippen LogP contribution is -2.50. The number of rotatable bonds is 2. The zero-order valence-electron chi connectivity index (χ0n) is 12.3. The maximum atomic E-state index is 12.6. The van der Waals surface area contributed by atoms with Gasteiger partial charge in [0.05, 0.1) is 19.4 Å². The van der Waals surface area contributed by atoms with Crippen molar-refractivity contribution in [2.45, 2.75) is 19.4 Å². The van der Waals surface area contributed by atoms with E-state index in [2.05, 4.69) is 0 Å². The first-order chi connectivity index (χ1) is 10.1. The van der Waals surface area contributed by atoms with Crippen molar-refractivity contribution in [3.05, 3.63) is 59.5 Å². The molecule has 21 heavy (non-hydrogen) atoms. The quantitative estimate of drug-likeness (QED) is 0.852. The number of hydrogen-bond donors (Lipinski definition) is 0. The molecule has 0 N–H and O–H groups in total. The predicted octanol–water partition coefficient (Wildman–Crippen LogP) is 2.98. The Morgan fingerprint density at radius 2 is 2.00 bits per heavy atom. The summed E-state index contributed by atoms with van der Waals surface area (Å²) in [6.45, 7) is 5.54. The lowest BCUT2D eigenvalue weighted by atomic mass is 9.93. The number of nitrogens with zero attached hydrogens (tertiary/aromatic N) is 1. The molecule has 0 bridgehead atoms. The van der Waals surface area contributed by atoms with Crippen LogP contribution in [0.3, 0.4) is 0 Å². The number of morpholine rings is 1. The highest BCUT2D eigenvalue weighted by atomic mass is 16.5. The molecule has 1 aliphatic heterocycles. The van der Waals surface area contributed by atoms with Gasteiger partial charge in [-0.15, -0.1) is 0 Å². The molecule has 1 atom stereocenters. The van der Waals surface area contributed by atoms with Crippen LogP contribution in [0.4, 0.5) is 0 Å². The summed E-state index contributed by atoms with van der Waals surface area (Å²) < 4.78 is 11.3. The van der Waals surface area contributed by atoms with E-state index in [0.29, 0.717) is 25.5 Å². The van der Waals surface area contributed by atoms with Gasteiger partial charge in [0.2, 0.25) is 0 Å². The number of furan rings is 1. The molecule has 2 heterocycles. The number of aryl methyl sites for hydroxylation is 1. The number of hydrogen-bond acceptors (Lipinski definition) is 3. The van der Waals surface area contributed by atoms with Gasteiger partial charge < -0.3 is 14.1 Å². The number of ether oxygens (including phenoxy) is 1. The van der Waals surface area contributed by atoms with E-state index in [4.69, 9.17) is 9.15 Å². The Balaban J connectivity index is 1.83. The summed E-state index contributed by atoms with van der Waals surface area (Å²) in [5.41, 5.74) is 1.47. The fourth-order valence-corrected chi connectivity index (χ4v) is 2.74. The second-order valence-electron chi connectivity index (χ2n) is 5.60. The molecule has 110 valence electrons. The monoisotopic (exact) mass is 285 g/mol.